The molecule has 90 valence electrons. The molecule has 0 radical (unpaired) electrons. The second kappa shape index (κ2) is 4.63. The van der Waals surface area contributed by atoms with Gasteiger partial charge in [0.15, 0.2) is 0 Å². The van der Waals surface area contributed by atoms with Crippen LogP contribution in [0.15, 0.2) is 41.1 Å². The molecule has 0 aliphatic heterocycles. The largest absolute Gasteiger partial charge is 0.381 e. The van der Waals surface area contributed by atoms with Crippen molar-refractivity contribution in [2.45, 2.75) is 26.0 Å². The van der Waals surface area contributed by atoms with Crippen LogP contribution in [0.5, 0.6) is 0 Å². The minimum absolute atomic E-state index is 0.797. The first-order valence-electron chi connectivity index (χ1n) is 5.56. The molecule has 0 fully saturated rings. The highest BCUT2D eigenvalue weighted by molar-refractivity contribution is 9.10. The van der Waals surface area contributed by atoms with Crippen molar-refractivity contribution in [1.82, 2.24) is 9.78 Å². The van der Waals surface area contributed by atoms with Crippen molar-refractivity contribution in [1.29, 1.82) is 0 Å². The molecule has 1 heterocycles. The fraction of sp³-hybridized carbons (Fsp3) is 0.308. The Morgan fingerprint density at radius 2 is 2.12 bits per heavy atom. The van der Waals surface area contributed by atoms with Crippen LogP contribution in [0, 0.1) is 0 Å². The fourth-order valence-electron chi connectivity index (χ4n) is 1.80. The molecular formula is C13H15BrN2O. The number of aromatic nitrogens is 2. The van der Waals surface area contributed by atoms with E-state index in [-0.39, 0.29) is 0 Å². The van der Waals surface area contributed by atoms with E-state index in [1.807, 2.05) is 37.4 Å². The Hall–Kier alpha value is -1.13. The summed E-state index contributed by atoms with van der Waals surface area (Å²) in [6, 6.07) is 7.68. The minimum Gasteiger partial charge on any atom is -0.381 e. The highest BCUT2D eigenvalue weighted by atomic mass is 79.9. The molecular weight excluding hydrogens is 280 g/mol. The van der Waals surface area contributed by atoms with Gasteiger partial charge in [0.2, 0.25) is 0 Å². The highest BCUT2D eigenvalue weighted by Crippen LogP contribution is 2.33. The monoisotopic (exact) mass is 294 g/mol. The topological polar surface area (TPSA) is 38.0 Å². The van der Waals surface area contributed by atoms with Crippen LogP contribution in [0.3, 0.4) is 0 Å². The van der Waals surface area contributed by atoms with Crippen LogP contribution < -0.4 is 0 Å². The van der Waals surface area contributed by atoms with Crippen LogP contribution in [0.1, 0.15) is 25.0 Å². The Balaban J connectivity index is 2.45. The van der Waals surface area contributed by atoms with Crippen LogP contribution >= 0.6 is 15.9 Å². The van der Waals surface area contributed by atoms with Crippen molar-refractivity contribution in [3.05, 3.63) is 52.3 Å². The first-order valence-corrected chi connectivity index (χ1v) is 6.35. The summed E-state index contributed by atoms with van der Waals surface area (Å²) >= 11 is 3.47. The Morgan fingerprint density at radius 3 is 2.71 bits per heavy atom. The molecule has 3 nitrogen and oxygen atoms in total. The van der Waals surface area contributed by atoms with Crippen LogP contribution in [0.2, 0.25) is 0 Å². The molecule has 1 atom stereocenters. The van der Waals surface area contributed by atoms with Gasteiger partial charge in [-0.2, -0.15) is 5.10 Å². The van der Waals surface area contributed by atoms with Crippen LogP contribution in [-0.2, 0) is 12.1 Å². The third-order valence-corrected chi connectivity index (χ3v) is 3.61. The van der Waals surface area contributed by atoms with Gasteiger partial charge in [-0.25, -0.2) is 0 Å². The number of aryl methyl sites for hydroxylation is 1. The van der Waals surface area contributed by atoms with E-state index < -0.39 is 5.60 Å². The maximum Gasteiger partial charge on any atom is 0.116 e. The third-order valence-electron chi connectivity index (χ3n) is 2.92. The fourth-order valence-corrected chi connectivity index (χ4v) is 2.47. The van der Waals surface area contributed by atoms with E-state index in [1.54, 1.807) is 17.8 Å². The van der Waals surface area contributed by atoms with Gasteiger partial charge in [-0.05, 0) is 19.9 Å². The van der Waals surface area contributed by atoms with E-state index in [0.29, 0.717) is 0 Å². The lowest BCUT2D eigenvalue weighted by Gasteiger charge is -2.23. The highest BCUT2D eigenvalue weighted by Gasteiger charge is 2.28. The van der Waals surface area contributed by atoms with E-state index in [9.17, 15) is 5.11 Å². The molecule has 1 aromatic heterocycles. The minimum atomic E-state index is -1.03. The van der Waals surface area contributed by atoms with Crippen molar-refractivity contribution < 1.29 is 5.11 Å². The maximum absolute atomic E-state index is 10.7. The lowest BCUT2D eigenvalue weighted by atomic mass is 9.90. The molecule has 4 heteroatoms. The molecule has 17 heavy (non-hydrogen) atoms. The molecule has 0 saturated heterocycles. The van der Waals surface area contributed by atoms with Gasteiger partial charge in [-0.1, -0.05) is 34.1 Å². The van der Waals surface area contributed by atoms with Crippen molar-refractivity contribution >= 4 is 15.9 Å². The number of hydrogen-bond donors (Lipinski definition) is 1. The van der Waals surface area contributed by atoms with E-state index >= 15 is 0 Å². The quantitative estimate of drug-likeness (QED) is 0.945. The van der Waals surface area contributed by atoms with Gasteiger partial charge in [0, 0.05) is 28.3 Å². The molecule has 1 unspecified atom stereocenters. The zero-order valence-corrected chi connectivity index (χ0v) is 11.5. The lowest BCUT2D eigenvalue weighted by molar-refractivity contribution is 0.101. The second-order valence-electron chi connectivity index (χ2n) is 4.14. The number of benzene rings is 1. The average molecular weight is 295 g/mol. The zero-order valence-electron chi connectivity index (χ0n) is 9.89. The SMILES string of the molecule is CCn1cc(C(C)(O)c2ccccc2Br)cn1. The molecule has 0 bridgehead atoms. The van der Waals surface area contributed by atoms with E-state index in [1.165, 1.54) is 0 Å². The summed E-state index contributed by atoms with van der Waals surface area (Å²) in [6.45, 7) is 4.60. The predicted molar refractivity (Wildman–Crippen MR) is 70.7 cm³/mol. The maximum atomic E-state index is 10.7. The summed E-state index contributed by atoms with van der Waals surface area (Å²) in [4.78, 5) is 0. The van der Waals surface area contributed by atoms with E-state index in [4.69, 9.17) is 0 Å². The van der Waals surface area contributed by atoms with Crippen molar-refractivity contribution in [2.24, 2.45) is 0 Å². The van der Waals surface area contributed by atoms with E-state index in [2.05, 4.69) is 21.0 Å². The number of rotatable bonds is 3. The summed E-state index contributed by atoms with van der Waals surface area (Å²) in [7, 11) is 0. The van der Waals surface area contributed by atoms with Crippen molar-refractivity contribution in [3.8, 4) is 0 Å². The van der Waals surface area contributed by atoms with Crippen molar-refractivity contribution in [2.75, 3.05) is 0 Å². The van der Waals surface area contributed by atoms with Crippen LogP contribution in [-0.4, -0.2) is 14.9 Å². The van der Waals surface area contributed by atoms with Gasteiger partial charge in [0.1, 0.15) is 5.60 Å². The van der Waals surface area contributed by atoms with E-state index in [0.717, 1.165) is 22.1 Å². The summed E-state index contributed by atoms with van der Waals surface area (Å²) < 4.78 is 2.70. The van der Waals surface area contributed by atoms with Gasteiger partial charge in [0.05, 0.1) is 6.20 Å². The number of aliphatic hydroxyl groups is 1. The van der Waals surface area contributed by atoms with Gasteiger partial charge in [0.25, 0.3) is 0 Å². The van der Waals surface area contributed by atoms with Gasteiger partial charge < -0.3 is 5.11 Å². The number of halogens is 1. The lowest BCUT2D eigenvalue weighted by Crippen LogP contribution is -2.22. The molecule has 0 saturated carbocycles. The molecule has 1 aromatic carbocycles. The van der Waals surface area contributed by atoms with Crippen LogP contribution in [0.4, 0.5) is 0 Å². The number of hydrogen-bond acceptors (Lipinski definition) is 2. The summed E-state index contributed by atoms with van der Waals surface area (Å²) in [5.74, 6) is 0. The molecule has 0 aliphatic rings. The first-order chi connectivity index (χ1) is 8.05. The Bertz CT molecular complexity index is 520. The molecule has 1 N–H and O–H groups in total. The zero-order chi connectivity index (χ0) is 12.5. The molecule has 0 spiro atoms. The molecule has 0 amide bonds. The van der Waals surface area contributed by atoms with Gasteiger partial charge >= 0.3 is 0 Å². The third kappa shape index (κ3) is 2.28. The Morgan fingerprint density at radius 1 is 1.41 bits per heavy atom. The molecule has 0 aliphatic carbocycles. The Labute approximate surface area is 109 Å². The standard InChI is InChI=1S/C13H15BrN2O/c1-3-16-9-10(8-15-16)13(2,17)11-6-4-5-7-12(11)14/h4-9,17H,3H2,1-2H3. The van der Waals surface area contributed by atoms with Gasteiger partial charge in [-0.15, -0.1) is 0 Å². The van der Waals surface area contributed by atoms with Crippen molar-refractivity contribution in [3.63, 3.8) is 0 Å². The summed E-state index contributed by atoms with van der Waals surface area (Å²) in [6.07, 6.45) is 3.59. The molecule has 2 aromatic rings. The normalized spacial score (nSPS) is 14.6. The molecule has 2 rings (SSSR count). The van der Waals surface area contributed by atoms with Gasteiger partial charge in [-0.3, -0.25) is 4.68 Å². The second-order valence-corrected chi connectivity index (χ2v) is 4.99. The van der Waals surface area contributed by atoms with Crippen LogP contribution in [0.25, 0.3) is 0 Å². The smallest absolute Gasteiger partial charge is 0.116 e. The first kappa shape index (κ1) is 12.3. The predicted octanol–water partition coefficient (Wildman–Crippen LogP) is 2.92. The Kier molecular flexibility index (Phi) is 3.35. The summed E-state index contributed by atoms with van der Waals surface area (Å²) in [5.41, 5.74) is 0.606. The average Bonchev–Trinajstić information content (AvgIpc) is 2.78. The number of nitrogens with zero attached hydrogens (tertiary/aromatic N) is 2. The summed E-state index contributed by atoms with van der Waals surface area (Å²) in [5, 5.41) is 14.9.